The summed E-state index contributed by atoms with van der Waals surface area (Å²) in [5, 5.41) is 2.62. The number of carbonyl (C=O) groups is 1. The van der Waals surface area contributed by atoms with E-state index in [1.54, 1.807) is 0 Å². The van der Waals surface area contributed by atoms with E-state index in [0.29, 0.717) is 18.5 Å². The van der Waals surface area contributed by atoms with Crippen molar-refractivity contribution in [3.8, 4) is 0 Å². The van der Waals surface area contributed by atoms with Crippen molar-refractivity contribution in [1.29, 1.82) is 0 Å². The molecule has 3 nitrogen and oxygen atoms in total. The molecule has 1 saturated heterocycles. The second kappa shape index (κ2) is 6.37. The third-order valence-corrected chi connectivity index (χ3v) is 3.52. The fraction of sp³-hybridized carbons (Fsp3) is 0.533. The van der Waals surface area contributed by atoms with Gasteiger partial charge in [0.25, 0.3) is 0 Å². The first-order valence-electron chi connectivity index (χ1n) is 7.18. The van der Waals surface area contributed by atoms with Crippen molar-refractivity contribution in [2.24, 2.45) is 0 Å². The lowest BCUT2D eigenvalue weighted by atomic mass is 10.1. The van der Waals surface area contributed by atoms with Gasteiger partial charge in [-0.05, 0) is 37.5 Å². The first-order valence-corrected chi connectivity index (χ1v) is 7.18. The van der Waals surface area contributed by atoms with Crippen molar-refractivity contribution in [2.45, 2.75) is 38.8 Å². The van der Waals surface area contributed by atoms with Crippen LogP contribution in [0.5, 0.6) is 0 Å². The van der Waals surface area contributed by atoms with E-state index in [1.807, 2.05) is 11.8 Å². The topological polar surface area (TPSA) is 32.3 Å². The van der Waals surface area contributed by atoms with E-state index < -0.39 is 11.7 Å². The first-order chi connectivity index (χ1) is 9.91. The maximum Gasteiger partial charge on any atom is 0.416 e. The Labute approximate surface area is 122 Å². The molecule has 0 aliphatic carbocycles. The monoisotopic (exact) mass is 300 g/mol. The molecule has 116 valence electrons. The average Bonchev–Trinajstić information content (AvgIpc) is 2.91. The van der Waals surface area contributed by atoms with Gasteiger partial charge >= 0.3 is 6.18 Å². The summed E-state index contributed by atoms with van der Waals surface area (Å²) >= 11 is 0. The van der Waals surface area contributed by atoms with Gasteiger partial charge in [-0.1, -0.05) is 6.92 Å². The molecule has 0 saturated carbocycles. The van der Waals surface area contributed by atoms with Gasteiger partial charge in [-0.3, -0.25) is 4.79 Å². The maximum atomic E-state index is 12.8. The molecule has 0 aromatic heterocycles. The second-order valence-corrected chi connectivity index (χ2v) is 5.22. The Bertz CT molecular complexity index is 508. The molecule has 1 aliphatic heterocycles. The van der Waals surface area contributed by atoms with Crippen LogP contribution in [0.2, 0.25) is 0 Å². The summed E-state index contributed by atoms with van der Waals surface area (Å²) in [7, 11) is 0. The Balaban J connectivity index is 2.32. The molecule has 1 heterocycles. The van der Waals surface area contributed by atoms with Gasteiger partial charge in [0.15, 0.2) is 0 Å². The summed E-state index contributed by atoms with van der Waals surface area (Å²) in [6.07, 6.45) is -1.42. The Kier molecular flexibility index (Phi) is 4.75. The van der Waals surface area contributed by atoms with Crippen LogP contribution >= 0.6 is 0 Å². The molecule has 0 bridgehead atoms. The largest absolute Gasteiger partial charge is 0.416 e. The van der Waals surface area contributed by atoms with Gasteiger partial charge in [0.2, 0.25) is 5.91 Å². The van der Waals surface area contributed by atoms with Crippen molar-refractivity contribution in [2.75, 3.05) is 23.3 Å². The highest BCUT2D eigenvalue weighted by molar-refractivity contribution is 5.94. The van der Waals surface area contributed by atoms with Crippen LogP contribution in [-0.2, 0) is 11.0 Å². The van der Waals surface area contributed by atoms with Gasteiger partial charge in [-0.15, -0.1) is 0 Å². The highest BCUT2D eigenvalue weighted by Gasteiger charge is 2.31. The Morgan fingerprint density at radius 3 is 2.52 bits per heavy atom. The minimum Gasteiger partial charge on any atom is -0.370 e. The molecule has 0 spiro atoms. The number of nitrogens with one attached hydrogen (secondary N) is 1. The summed E-state index contributed by atoms with van der Waals surface area (Å²) in [4.78, 5) is 13.7. The molecule has 2 rings (SSSR count). The molecule has 0 radical (unpaired) electrons. The van der Waals surface area contributed by atoms with Crippen LogP contribution in [0.1, 0.15) is 38.2 Å². The predicted octanol–water partition coefficient (Wildman–Crippen LogP) is 4.04. The van der Waals surface area contributed by atoms with Crippen molar-refractivity contribution in [3.05, 3.63) is 23.8 Å². The SMILES string of the molecule is CCCC(=O)Nc1cc(C(F)(F)F)ccc1N1CCCC1. The highest BCUT2D eigenvalue weighted by atomic mass is 19.4. The van der Waals surface area contributed by atoms with Crippen LogP contribution in [-0.4, -0.2) is 19.0 Å². The molecule has 6 heteroatoms. The van der Waals surface area contributed by atoms with Gasteiger partial charge in [0.05, 0.1) is 16.9 Å². The number of alkyl halides is 3. The third-order valence-electron chi connectivity index (χ3n) is 3.52. The van der Waals surface area contributed by atoms with E-state index in [0.717, 1.165) is 38.1 Å². The molecule has 1 aliphatic rings. The number of benzene rings is 1. The van der Waals surface area contributed by atoms with Crippen molar-refractivity contribution in [3.63, 3.8) is 0 Å². The number of halogens is 3. The number of amides is 1. The smallest absolute Gasteiger partial charge is 0.370 e. The zero-order chi connectivity index (χ0) is 15.5. The van der Waals surface area contributed by atoms with Crippen molar-refractivity contribution >= 4 is 17.3 Å². The fourth-order valence-electron chi connectivity index (χ4n) is 2.49. The molecular formula is C15H19F3N2O. The van der Waals surface area contributed by atoms with Crippen molar-refractivity contribution < 1.29 is 18.0 Å². The van der Waals surface area contributed by atoms with E-state index in [2.05, 4.69) is 5.32 Å². The molecular weight excluding hydrogens is 281 g/mol. The highest BCUT2D eigenvalue weighted by Crippen LogP contribution is 2.36. The quantitative estimate of drug-likeness (QED) is 0.910. The van der Waals surface area contributed by atoms with Crippen LogP contribution in [0, 0.1) is 0 Å². The molecule has 0 unspecified atom stereocenters. The number of nitrogens with zero attached hydrogens (tertiary/aromatic N) is 1. The maximum absolute atomic E-state index is 12.8. The van der Waals surface area contributed by atoms with Crippen LogP contribution in [0.3, 0.4) is 0 Å². The van der Waals surface area contributed by atoms with E-state index in [4.69, 9.17) is 0 Å². The van der Waals surface area contributed by atoms with Gasteiger partial charge in [0, 0.05) is 19.5 Å². The number of hydrogen-bond acceptors (Lipinski definition) is 2. The standard InChI is InChI=1S/C15H19F3N2O/c1-2-5-14(21)19-12-10-11(15(16,17)18)6-7-13(12)20-8-3-4-9-20/h6-7,10H,2-5,8-9H2,1H3,(H,19,21). The molecule has 1 aromatic rings. The molecule has 1 amide bonds. The number of anilines is 2. The minimum absolute atomic E-state index is 0.253. The van der Waals surface area contributed by atoms with Crippen LogP contribution in [0.4, 0.5) is 24.5 Å². The lowest BCUT2D eigenvalue weighted by Crippen LogP contribution is -2.21. The van der Waals surface area contributed by atoms with Gasteiger partial charge in [-0.2, -0.15) is 13.2 Å². The molecule has 1 N–H and O–H groups in total. The van der Waals surface area contributed by atoms with Crippen LogP contribution < -0.4 is 10.2 Å². The molecule has 21 heavy (non-hydrogen) atoms. The number of rotatable bonds is 4. The Hall–Kier alpha value is -1.72. The Morgan fingerprint density at radius 2 is 1.95 bits per heavy atom. The molecule has 1 fully saturated rings. The van der Waals surface area contributed by atoms with E-state index >= 15 is 0 Å². The van der Waals surface area contributed by atoms with Gasteiger partial charge in [0.1, 0.15) is 0 Å². The van der Waals surface area contributed by atoms with E-state index in [-0.39, 0.29) is 11.6 Å². The zero-order valence-electron chi connectivity index (χ0n) is 12.0. The van der Waals surface area contributed by atoms with Gasteiger partial charge in [-0.25, -0.2) is 0 Å². The van der Waals surface area contributed by atoms with Gasteiger partial charge < -0.3 is 10.2 Å². The van der Waals surface area contributed by atoms with E-state index in [9.17, 15) is 18.0 Å². The molecule has 1 aromatic carbocycles. The Morgan fingerprint density at radius 1 is 1.29 bits per heavy atom. The average molecular weight is 300 g/mol. The summed E-state index contributed by atoms with van der Waals surface area (Å²) in [6.45, 7) is 3.47. The van der Waals surface area contributed by atoms with E-state index in [1.165, 1.54) is 6.07 Å². The zero-order valence-corrected chi connectivity index (χ0v) is 12.0. The summed E-state index contributed by atoms with van der Waals surface area (Å²) in [5.41, 5.74) is 0.187. The minimum atomic E-state index is -4.41. The summed E-state index contributed by atoms with van der Waals surface area (Å²) < 4.78 is 38.5. The summed E-state index contributed by atoms with van der Waals surface area (Å²) in [6, 6.07) is 3.56. The predicted molar refractivity (Wildman–Crippen MR) is 76.4 cm³/mol. The third kappa shape index (κ3) is 3.89. The normalized spacial score (nSPS) is 15.3. The molecule has 0 atom stereocenters. The lowest BCUT2D eigenvalue weighted by Gasteiger charge is -2.23. The number of carbonyl (C=O) groups excluding carboxylic acids is 1. The first kappa shape index (κ1) is 15.7. The van der Waals surface area contributed by atoms with Crippen molar-refractivity contribution in [1.82, 2.24) is 0 Å². The van der Waals surface area contributed by atoms with Crippen LogP contribution in [0.15, 0.2) is 18.2 Å². The van der Waals surface area contributed by atoms with Crippen LogP contribution in [0.25, 0.3) is 0 Å². The summed E-state index contributed by atoms with van der Waals surface area (Å²) in [5.74, 6) is -0.253. The lowest BCUT2D eigenvalue weighted by molar-refractivity contribution is -0.137. The fourth-order valence-corrected chi connectivity index (χ4v) is 2.49. The number of hydrogen-bond donors (Lipinski definition) is 1. The second-order valence-electron chi connectivity index (χ2n) is 5.22.